The molecule has 0 fully saturated rings. The predicted octanol–water partition coefficient (Wildman–Crippen LogP) is 2.00. The summed E-state index contributed by atoms with van der Waals surface area (Å²) in [5.74, 6) is 0. The van der Waals surface area contributed by atoms with E-state index in [4.69, 9.17) is 9.47 Å². The molecule has 0 aliphatic heterocycles. The molecule has 1 radical (unpaired) electrons. The highest BCUT2D eigenvalue weighted by atomic mass is 16.5. The highest BCUT2D eigenvalue weighted by Gasteiger charge is 1.86. The zero-order chi connectivity index (χ0) is 7.66. The van der Waals surface area contributed by atoms with Gasteiger partial charge in [0.05, 0.1) is 19.8 Å². The molecular weight excluding hydrogens is 128 g/mol. The van der Waals surface area contributed by atoms with Crippen molar-refractivity contribution in [2.24, 2.45) is 0 Å². The first-order chi connectivity index (χ1) is 4.91. The minimum Gasteiger partial charge on any atom is -0.379 e. The smallest absolute Gasteiger partial charge is 0.0835 e. The van der Waals surface area contributed by atoms with Gasteiger partial charge in [-0.15, -0.1) is 0 Å². The fourth-order valence-corrected chi connectivity index (χ4v) is 0.555. The first-order valence-corrected chi connectivity index (χ1v) is 3.92. The van der Waals surface area contributed by atoms with Gasteiger partial charge in [-0.1, -0.05) is 13.8 Å². The van der Waals surface area contributed by atoms with E-state index in [0.29, 0.717) is 13.2 Å². The molecule has 0 atom stereocenters. The van der Waals surface area contributed by atoms with Gasteiger partial charge >= 0.3 is 0 Å². The van der Waals surface area contributed by atoms with Crippen LogP contribution >= 0.6 is 0 Å². The summed E-state index contributed by atoms with van der Waals surface area (Å²) in [5, 5.41) is 0. The maximum Gasteiger partial charge on any atom is 0.0835 e. The second-order valence-electron chi connectivity index (χ2n) is 2.06. The van der Waals surface area contributed by atoms with E-state index in [1.807, 2.05) is 6.92 Å². The molecule has 0 rings (SSSR count). The molecule has 0 saturated carbocycles. The number of ether oxygens (including phenoxy) is 2. The van der Waals surface area contributed by atoms with Crippen LogP contribution in [0.15, 0.2) is 0 Å². The molecular formula is C8H17O2. The van der Waals surface area contributed by atoms with Crippen molar-refractivity contribution >= 4 is 0 Å². The summed E-state index contributed by atoms with van der Waals surface area (Å²) in [6.07, 6.45) is 2.05. The Morgan fingerprint density at radius 3 is 2.50 bits per heavy atom. The van der Waals surface area contributed by atoms with E-state index in [2.05, 4.69) is 6.92 Å². The van der Waals surface area contributed by atoms with Crippen LogP contribution in [0.3, 0.4) is 0 Å². The largest absolute Gasteiger partial charge is 0.379 e. The highest BCUT2D eigenvalue weighted by molar-refractivity contribution is 4.43. The lowest BCUT2D eigenvalue weighted by Gasteiger charge is -2.01. The van der Waals surface area contributed by atoms with Crippen molar-refractivity contribution in [2.45, 2.75) is 26.7 Å². The molecule has 0 aliphatic carbocycles. The minimum absolute atomic E-state index is 0.688. The normalized spacial score (nSPS) is 10.2. The van der Waals surface area contributed by atoms with E-state index >= 15 is 0 Å². The number of hydrogen-bond donors (Lipinski definition) is 0. The van der Waals surface area contributed by atoms with E-state index in [9.17, 15) is 0 Å². The van der Waals surface area contributed by atoms with Crippen molar-refractivity contribution in [3.05, 3.63) is 6.61 Å². The van der Waals surface area contributed by atoms with Gasteiger partial charge in [-0.25, -0.2) is 0 Å². The molecule has 0 saturated heterocycles. The molecule has 2 heteroatoms. The Kier molecular flexibility index (Phi) is 8.85. The Hall–Kier alpha value is -0.0800. The van der Waals surface area contributed by atoms with Crippen LogP contribution in [0.1, 0.15) is 26.7 Å². The van der Waals surface area contributed by atoms with Crippen LogP contribution < -0.4 is 0 Å². The molecule has 0 unspecified atom stereocenters. The fraction of sp³-hybridized carbons (Fsp3) is 0.875. The monoisotopic (exact) mass is 145 g/mol. The van der Waals surface area contributed by atoms with Gasteiger partial charge in [0, 0.05) is 6.61 Å². The van der Waals surface area contributed by atoms with Crippen LogP contribution in [0.2, 0.25) is 0 Å². The lowest BCUT2D eigenvalue weighted by Crippen LogP contribution is -2.02. The summed E-state index contributed by atoms with van der Waals surface area (Å²) in [6.45, 7) is 8.19. The zero-order valence-electron chi connectivity index (χ0n) is 6.93. The van der Waals surface area contributed by atoms with Crippen LogP contribution in [0.25, 0.3) is 0 Å². The van der Waals surface area contributed by atoms with Gasteiger partial charge in [0.15, 0.2) is 0 Å². The quantitative estimate of drug-likeness (QED) is 0.510. The van der Waals surface area contributed by atoms with E-state index < -0.39 is 0 Å². The Bertz CT molecular complexity index is 47.2. The van der Waals surface area contributed by atoms with Crippen molar-refractivity contribution in [1.29, 1.82) is 0 Å². The average Bonchev–Trinajstić information content (AvgIpc) is 1.97. The maximum absolute atomic E-state index is 5.18. The second-order valence-corrected chi connectivity index (χ2v) is 2.06. The second kappa shape index (κ2) is 8.92. The molecule has 0 N–H and O–H groups in total. The van der Waals surface area contributed by atoms with E-state index in [-0.39, 0.29) is 0 Å². The van der Waals surface area contributed by atoms with Gasteiger partial charge in [0.25, 0.3) is 0 Å². The molecule has 0 spiro atoms. The third-order valence-electron chi connectivity index (χ3n) is 0.979. The highest BCUT2D eigenvalue weighted by Crippen LogP contribution is 1.87. The van der Waals surface area contributed by atoms with Crippen LogP contribution in [-0.2, 0) is 9.47 Å². The van der Waals surface area contributed by atoms with Crippen molar-refractivity contribution < 1.29 is 9.47 Å². The standard InChI is InChI=1S/C8H17O2/c1-3-5-9-7-8-10-6-4-2/h5H,3-4,6-8H2,1-2H3. The van der Waals surface area contributed by atoms with Crippen molar-refractivity contribution in [2.75, 3.05) is 19.8 Å². The lowest BCUT2D eigenvalue weighted by atomic mass is 10.5. The molecule has 61 valence electrons. The summed E-state index contributed by atoms with van der Waals surface area (Å²) in [5.41, 5.74) is 0. The van der Waals surface area contributed by atoms with Gasteiger partial charge in [-0.05, 0) is 12.8 Å². The molecule has 0 aliphatic rings. The molecule has 0 aromatic heterocycles. The van der Waals surface area contributed by atoms with E-state index in [0.717, 1.165) is 19.4 Å². The Labute approximate surface area is 63.5 Å². The molecule has 0 aromatic rings. The lowest BCUT2D eigenvalue weighted by molar-refractivity contribution is 0.0709. The molecule has 0 amide bonds. The number of rotatable bonds is 7. The van der Waals surface area contributed by atoms with Crippen LogP contribution in [0, 0.1) is 6.61 Å². The molecule has 0 heterocycles. The SMILES string of the molecule is CC[CH]OCCOCCC. The van der Waals surface area contributed by atoms with Crippen molar-refractivity contribution in [1.82, 2.24) is 0 Å². The van der Waals surface area contributed by atoms with Gasteiger partial charge in [-0.3, -0.25) is 0 Å². The van der Waals surface area contributed by atoms with E-state index in [1.54, 1.807) is 6.61 Å². The first kappa shape index (κ1) is 9.92. The summed E-state index contributed by atoms with van der Waals surface area (Å²) in [6, 6.07) is 0. The van der Waals surface area contributed by atoms with Crippen LogP contribution in [0.4, 0.5) is 0 Å². The third kappa shape index (κ3) is 7.92. The Balaban J connectivity index is 2.65. The fourth-order valence-electron chi connectivity index (χ4n) is 0.555. The Morgan fingerprint density at radius 1 is 1.10 bits per heavy atom. The van der Waals surface area contributed by atoms with Crippen molar-refractivity contribution in [3.8, 4) is 0 Å². The number of hydrogen-bond acceptors (Lipinski definition) is 2. The van der Waals surface area contributed by atoms with Crippen LogP contribution in [-0.4, -0.2) is 19.8 Å². The summed E-state index contributed by atoms with van der Waals surface area (Å²) < 4.78 is 10.3. The molecule has 10 heavy (non-hydrogen) atoms. The average molecular weight is 145 g/mol. The van der Waals surface area contributed by atoms with Gasteiger partial charge in [-0.2, -0.15) is 0 Å². The van der Waals surface area contributed by atoms with Crippen LogP contribution in [0.5, 0.6) is 0 Å². The molecule has 0 aromatic carbocycles. The third-order valence-corrected chi connectivity index (χ3v) is 0.979. The zero-order valence-corrected chi connectivity index (χ0v) is 6.93. The predicted molar refractivity (Wildman–Crippen MR) is 41.7 cm³/mol. The van der Waals surface area contributed by atoms with Gasteiger partial charge in [0.2, 0.25) is 0 Å². The summed E-state index contributed by atoms with van der Waals surface area (Å²) in [7, 11) is 0. The topological polar surface area (TPSA) is 18.5 Å². The molecule has 2 nitrogen and oxygen atoms in total. The maximum atomic E-state index is 5.18. The van der Waals surface area contributed by atoms with Gasteiger partial charge in [0.1, 0.15) is 0 Å². The van der Waals surface area contributed by atoms with Gasteiger partial charge < -0.3 is 9.47 Å². The van der Waals surface area contributed by atoms with E-state index in [1.165, 1.54) is 0 Å². The summed E-state index contributed by atoms with van der Waals surface area (Å²) >= 11 is 0. The van der Waals surface area contributed by atoms with Crippen molar-refractivity contribution in [3.63, 3.8) is 0 Å². The molecule has 0 bridgehead atoms. The Morgan fingerprint density at radius 2 is 1.90 bits per heavy atom. The first-order valence-electron chi connectivity index (χ1n) is 3.92. The summed E-state index contributed by atoms with van der Waals surface area (Å²) in [4.78, 5) is 0. The minimum atomic E-state index is 0.688.